The molecule has 0 fully saturated rings. The van der Waals surface area contributed by atoms with Gasteiger partial charge in [-0.3, -0.25) is 14.9 Å². The maximum absolute atomic E-state index is 11.5. The number of benzene rings is 1. The third kappa shape index (κ3) is 1.35. The second kappa shape index (κ2) is 3.20. The molecular weight excluding hydrogens is 220 g/mol. The van der Waals surface area contributed by atoms with Crippen molar-refractivity contribution in [3.8, 4) is 0 Å². The Hall–Kier alpha value is -1.62. The lowest BCUT2D eigenvalue weighted by atomic mass is 10.0. The first-order chi connectivity index (χ1) is 7.02. The molecule has 1 aliphatic heterocycles. The Labute approximate surface area is 90.2 Å². The van der Waals surface area contributed by atoms with E-state index in [1.165, 1.54) is 12.1 Å². The van der Waals surface area contributed by atoms with Gasteiger partial charge in [-0.2, -0.15) is 0 Å². The molecule has 5 nitrogen and oxygen atoms in total. The maximum Gasteiger partial charge on any atom is 0.282 e. The summed E-state index contributed by atoms with van der Waals surface area (Å²) in [4.78, 5) is 21.6. The quantitative estimate of drug-likeness (QED) is 0.588. The molecule has 0 saturated heterocycles. The summed E-state index contributed by atoms with van der Waals surface area (Å²) in [6.45, 7) is 1.74. The molecule has 6 heteroatoms. The number of amides is 1. The molecule has 0 bridgehead atoms. The topological polar surface area (TPSA) is 72.2 Å². The minimum atomic E-state index is -0.577. The van der Waals surface area contributed by atoms with Crippen LogP contribution in [-0.2, 0) is 0 Å². The van der Waals surface area contributed by atoms with Gasteiger partial charge < -0.3 is 5.32 Å². The summed E-state index contributed by atoms with van der Waals surface area (Å²) < 4.78 is 0. The Morgan fingerprint density at radius 2 is 2.20 bits per heavy atom. The average molecular weight is 227 g/mol. The number of hydrogen-bond donors (Lipinski definition) is 1. The lowest BCUT2D eigenvalue weighted by Gasteiger charge is -2.05. The Kier molecular flexibility index (Phi) is 2.12. The summed E-state index contributed by atoms with van der Waals surface area (Å²) >= 11 is 5.89. The van der Waals surface area contributed by atoms with E-state index in [2.05, 4.69) is 5.32 Å². The SMILES string of the molecule is CC1NC(=O)c2c([N+](=O)[O-])ccc(Cl)c21. The van der Waals surface area contributed by atoms with Gasteiger partial charge in [0.05, 0.1) is 11.0 Å². The number of fused-ring (bicyclic) bond motifs is 1. The predicted octanol–water partition coefficient (Wildman–Crippen LogP) is 2.05. The zero-order chi connectivity index (χ0) is 11.2. The Bertz CT molecular complexity index is 473. The normalized spacial score (nSPS) is 18.5. The van der Waals surface area contributed by atoms with Crippen LogP contribution in [0.15, 0.2) is 12.1 Å². The van der Waals surface area contributed by atoms with Gasteiger partial charge >= 0.3 is 0 Å². The molecular formula is C9H7ClN2O3. The molecule has 0 aromatic heterocycles. The van der Waals surface area contributed by atoms with E-state index in [9.17, 15) is 14.9 Å². The van der Waals surface area contributed by atoms with Crippen molar-refractivity contribution in [2.45, 2.75) is 13.0 Å². The molecule has 15 heavy (non-hydrogen) atoms. The van der Waals surface area contributed by atoms with Gasteiger partial charge in [0.25, 0.3) is 11.6 Å². The number of carbonyl (C=O) groups is 1. The molecule has 0 radical (unpaired) electrons. The molecule has 1 amide bonds. The maximum atomic E-state index is 11.5. The van der Waals surface area contributed by atoms with Crippen molar-refractivity contribution in [2.75, 3.05) is 0 Å². The van der Waals surface area contributed by atoms with E-state index in [0.717, 1.165) is 0 Å². The smallest absolute Gasteiger partial charge is 0.282 e. The van der Waals surface area contributed by atoms with Crippen LogP contribution in [0, 0.1) is 10.1 Å². The number of nitro benzene ring substituents is 1. The first-order valence-electron chi connectivity index (χ1n) is 4.30. The van der Waals surface area contributed by atoms with E-state index in [4.69, 9.17) is 11.6 Å². The number of carbonyl (C=O) groups excluding carboxylic acids is 1. The van der Waals surface area contributed by atoms with Crippen LogP contribution >= 0.6 is 11.6 Å². The van der Waals surface area contributed by atoms with E-state index >= 15 is 0 Å². The van der Waals surface area contributed by atoms with Crippen molar-refractivity contribution in [1.29, 1.82) is 0 Å². The Morgan fingerprint density at radius 3 is 2.80 bits per heavy atom. The van der Waals surface area contributed by atoms with Gasteiger partial charge in [-0.25, -0.2) is 0 Å². The fourth-order valence-electron chi connectivity index (χ4n) is 1.74. The van der Waals surface area contributed by atoms with Crippen molar-refractivity contribution < 1.29 is 9.72 Å². The lowest BCUT2D eigenvalue weighted by Crippen LogP contribution is -2.16. The largest absolute Gasteiger partial charge is 0.345 e. The van der Waals surface area contributed by atoms with E-state index in [1.54, 1.807) is 6.92 Å². The first kappa shape index (κ1) is 9.92. The van der Waals surface area contributed by atoms with Gasteiger partial charge in [0.2, 0.25) is 0 Å². The zero-order valence-electron chi connectivity index (χ0n) is 7.78. The number of nitro groups is 1. The molecule has 1 N–H and O–H groups in total. The monoisotopic (exact) mass is 226 g/mol. The minimum Gasteiger partial charge on any atom is -0.345 e. The van der Waals surface area contributed by atoms with Gasteiger partial charge in [0.1, 0.15) is 5.56 Å². The molecule has 0 saturated carbocycles. The van der Waals surface area contributed by atoms with Gasteiger partial charge in [-0.1, -0.05) is 11.6 Å². The fourth-order valence-corrected chi connectivity index (χ4v) is 2.06. The number of hydrogen-bond acceptors (Lipinski definition) is 3. The van der Waals surface area contributed by atoms with Crippen molar-refractivity contribution in [3.05, 3.63) is 38.4 Å². The van der Waals surface area contributed by atoms with Crippen LogP contribution in [0.4, 0.5) is 5.69 Å². The summed E-state index contributed by atoms with van der Waals surface area (Å²) in [5.41, 5.74) is 0.395. The van der Waals surface area contributed by atoms with Crippen LogP contribution in [-0.4, -0.2) is 10.8 Å². The predicted molar refractivity (Wildman–Crippen MR) is 54.0 cm³/mol. The highest BCUT2D eigenvalue weighted by Crippen LogP contribution is 2.36. The molecule has 78 valence electrons. The molecule has 0 spiro atoms. The van der Waals surface area contributed by atoms with Crippen LogP contribution in [0.1, 0.15) is 28.9 Å². The molecule has 1 heterocycles. The van der Waals surface area contributed by atoms with Crippen LogP contribution in [0.2, 0.25) is 5.02 Å². The average Bonchev–Trinajstić information content (AvgIpc) is 2.43. The molecule has 0 aliphatic carbocycles. The highest BCUT2D eigenvalue weighted by Gasteiger charge is 2.34. The third-order valence-electron chi connectivity index (χ3n) is 2.37. The summed E-state index contributed by atoms with van der Waals surface area (Å²) in [6.07, 6.45) is 0. The standard InChI is InChI=1S/C9H7ClN2O3/c1-4-7-5(10)2-3-6(12(14)15)8(7)9(13)11-4/h2-4H,1H3,(H,11,13). The van der Waals surface area contributed by atoms with E-state index in [1.807, 2.05) is 0 Å². The fraction of sp³-hybridized carbons (Fsp3) is 0.222. The van der Waals surface area contributed by atoms with Crippen molar-refractivity contribution >= 4 is 23.2 Å². The second-order valence-corrected chi connectivity index (χ2v) is 3.71. The van der Waals surface area contributed by atoms with E-state index in [0.29, 0.717) is 10.6 Å². The molecule has 1 aliphatic rings. The van der Waals surface area contributed by atoms with E-state index in [-0.39, 0.29) is 17.3 Å². The van der Waals surface area contributed by atoms with Crippen molar-refractivity contribution in [2.24, 2.45) is 0 Å². The number of rotatable bonds is 1. The van der Waals surface area contributed by atoms with Crippen LogP contribution < -0.4 is 5.32 Å². The molecule has 1 unspecified atom stereocenters. The highest BCUT2D eigenvalue weighted by atomic mass is 35.5. The van der Waals surface area contributed by atoms with Gasteiger partial charge in [-0.05, 0) is 13.0 Å². The Balaban J connectivity index is 2.75. The summed E-state index contributed by atoms with van der Waals surface area (Å²) in [5.74, 6) is -0.438. The first-order valence-corrected chi connectivity index (χ1v) is 4.68. The summed E-state index contributed by atoms with van der Waals surface area (Å²) in [5, 5.41) is 13.7. The zero-order valence-corrected chi connectivity index (χ0v) is 8.54. The van der Waals surface area contributed by atoms with Crippen LogP contribution in [0.3, 0.4) is 0 Å². The van der Waals surface area contributed by atoms with Crippen LogP contribution in [0.5, 0.6) is 0 Å². The number of nitrogens with one attached hydrogen (secondary N) is 1. The van der Waals surface area contributed by atoms with Crippen molar-refractivity contribution in [3.63, 3.8) is 0 Å². The summed E-state index contributed by atoms with van der Waals surface area (Å²) in [7, 11) is 0. The lowest BCUT2D eigenvalue weighted by molar-refractivity contribution is -0.385. The molecule has 1 atom stereocenters. The second-order valence-electron chi connectivity index (χ2n) is 3.31. The van der Waals surface area contributed by atoms with Gasteiger partial charge in [-0.15, -0.1) is 0 Å². The molecule has 1 aromatic rings. The summed E-state index contributed by atoms with van der Waals surface area (Å²) in [6, 6.07) is 2.41. The third-order valence-corrected chi connectivity index (χ3v) is 2.70. The minimum absolute atomic E-state index is 0.0833. The number of nitrogens with zero attached hydrogens (tertiary/aromatic N) is 1. The Morgan fingerprint density at radius 1 is 1.53 bits per heavy atom. The number of halogens is 1. The van der Waals surface area contributed by atoms with Gasteiger partial charge in [0, 0.05) is 16.7 Å². The molecule has 2 rings (SSSR count). The van der Waals surface area contributed by atoms with Crippen LogP contribution in [0.25, 0.3) is 0 Å². The molecule has 1 aromatic carbocycles. The highest BCUT2D eigenvalue weighted by molar-refractivity contribution is 6.32. The van der Waals surface area contributed by atoms with Crippen molar-refractivity contribution in [1.82, 2.24) is 5.32 Å². The van der Waals surface area contributed by atoms with Gasteiger partial charge in [0.15, 0.2) is 0 Å². The van der Waals surface area contributed by atoms with E-state index < -0.39 is 10.8 Å².